The third kappa shape index (κ3) is 3.33. The molecule has 1 amide bonds. The molecule has 0 spiro atoms. The van der Waals surface area contributed by atoms with Gasteiger partial charge in [0.05, 0.1) is 25.5 Å². The minimum atomic E-state index is -0.0204. The maximum Gasteiger partial charge on any atom is 0.239 e. The molecule has 122 valence electrons. The molecule has 6 heteroatoms. The van der Waals surface area contributed by atoms with Crippen LogP contribution < -0.4 is 0 Å². The second kappa shape index (κ2) is 6.79. The van der Waals surface area contributed by atoms with Crippen LogP contribution in [0.1, 0.15) is 31.2 Å². The van der Waals surface area contributed by atoms with Gasteiger partial charge in [0, 0.05) is 26.3 Å². The van der Waals surface area contributed by atoms with Gasteiger partial charge in [0.1, 0.15) is 0 Å². The Labute approximate surface area is 132 Å². The summed E-state index contributed by atoms with van der Waals surface area (Å²) in [5, 5.41) is 4.27. The highest BCUT2D eigenvalue weighted by Crippen LogP contribution is 2.28. The van der Waals surface area contributed by atoms with Crippen LogP contribution in [-0.4, -0.2) is 70.9 Å². The Morgan fingerprint density at radius 3 is 2.55 bits per heavy atom. The van der Waals surface area contributed by atoms with E-state index >= 15 is 0 Å². The standard InChI is InChI=1S/C16H26N4O2/c1-13(16(21)20-7-9-22-10-8-20)19-5-3-14(4-6-19)15-11-17-18(2)12-15/h11-14H,3-10H2,1-2H3/t13-/m0/s1. The van der Waals surface area contributed by atoms with Crippen molar-refractivity contribution in [2.24, 2.45) is 7.05 Å². The van der Waals surface area contributed by atoms with Gasteiger partial charge in [0.15, 0.2) is 0 Å². The topological polar surface area (TPSA) is 50.6 Å². The van der Waals surface area contributed by atoms with Crippen LogP contribution in [0.25, 0.3) is 0 Å². The maximum atomic E-state index is 12.6. The number of piperidine rings is 1. The predicted octanol–water partition coefficient (Wildman–Crippen LogP) is 0.847. The molecule has 3 heterocycles. The number of rotatable bonds is 3. The van der Waals surface area contributed by atoms with Gasteiger partial charge in [-0.25, -0.2) is 0 Å². The summed E-state index contributed by atoms with van der Waals surface area (Å²) in [7, 11) is 1.96. The number of hydrogen-bond acceptors (Lipinski definition) is 4. The molecule has 0 radical (unpaired) electrons. The average Bonchev–Trinajstić information content (AvgIpc) is 3.01. The first-order valence-electron chi connectivity index (χ1n) is 8.24. The summed E-state index contributed by atoms with van der Waals surface area (Å²) in [4.78, 5) is 16.8. The lowest BCUT2D eigenvalue weighted by Crippen LogP contribution is -2.52. The van der Waals surface area contributed by atoms with Gasteiger partial charge in [0.25, 0.3) is 0 Å². The minimum Gasteiger partial charge on any atom is -0.378 e. The fourth-order valence-electron chi connectivity index (χ4n) is 3.48. The first-order valence-corrected chi connectivity index (χ1v) is 8.24. The van der Waals surface area contributed by atoms with Crippen molar-refractivity contribution in [3.63, 3.8) is 0 Å². The van der Waals surface area contributed by atoms with Gasteiger partial charge in [-0.3, -0.25) is 14.4 Å². The number of nitrogens with zero attached hydrogens (tertiary/aromatic N) is 4. The molecular weight excluding hydrogens is 280 g/mol. The number of carbonyl (C=O) groups is 1. The van der Waals surface area contributed by atoms with Crippen LogP contribution >= 0.6 is 0 Å². The number of morpholine rings is 1. The minimum absolute atomic E-state index is 0.0204. The summed E-state index contributed by atoms with van der Waals surface area (Å²) < 4.78 is 7.19. The molecule has 2 aliphatic rings. The monoisotopic (exact) mass is 306 g/mol. The lowest BCUT2D eigenvalue weighted by molar-refractivity contribution is -0.140. The van der Waals surface area contributed by atoms with E-state index < -0.39 is 0 Å². The van der Waals surface area contributed by atoms with Gasteiger partial charge in [-0.2, -0.15) is 5.10 Å². The molecule has 2 saturated heterocycles. The van der Waals surface area contributed by atoms with Crippen molar-refractivity contribution in [2.75, 3.05) is 39.4 Å². The maximum absolute atomic E-state index is 12.6. The molecule has 0 unspecified atom stereocenters. The largest absolute Gasteiger partial charge is 0.378 e. The quantitative estimate of drug-likeness (QED) is 0.831. The van der Waals surface area contributed by atoms with Gasteiger partial charge in [-0.1, -0.05) is 0 Å². The molecule has 0 aliphatic carbocycles. The van der Waals surface area contributed by atoms with Crippen LogP contribution in [0, 0.1) is 0 Å². The molecule has 6 nitrogen and oxygen atoms in total. The zero-order chi connectivity index (χ0) is 15.5. The molecule has 22 heavy (non-hydrogen) atoms. The van der Waals surface area contributed by atoms with Crippen molar-refractivity contribution in [1.82, 2.24) is 19.6 Å². The van der Waals surface area contributed by atoms with Gasteiger partial charge < -0.3 is 9.64 Å². The number of aryl methyl sites for hydroxylation is 1. The van der Waals surface area contributed by atoms with E-state index in [9.17, 15) is 4.79 Å². The lowest BCUT2D eigenvalue weighted by Gasteiger charge is -2.38. The van der Waals surface area contributed by atoms with Crippen molar-refractivity contribution in [3.8, 4) is 0 Å². The zero-order valence-electron chi connectivity index (χ0n) is 13.6. The van der Waals surface area contributed by atoms with Crippen LogP contribution in [-0.2, 0) is 16.6 Å². The number of aromatic nitrogens is 2. The lowest BCUT2D eigenvalue weighted by atomic mass is 9.91. The molecular formula is C16H26N4O2. The van der Waals surface area contributed by atoms with E-state index in [2.05, 4.69) is 16.2 Å². The second-order valence-electron chi connectivity index (χ2n) is 6.37. The Bertz CT molecular complexity index is 502. The summed E-state index contributed by atoms with van der Waals surface area (Å²) in [5.41, 5.74) is 1.33. The van der Waals surface area contributed by atoms with Gasteiger partial charge in [-0.15, -0.1) is 0 Å². The second-order valence-corrected chi connectivity index (χ2v) is 6.37. The number of amides is 1. The summed E-state index contributed by atoms with van der Waals surface area (Å²) in [6, 6.07) is -0.0204. The first kappa shape index (κ1) is 15.5. The van der Waals surface area contributed by atoms with Crippen molar-refractivity contribution >= 4 is 5.91 Å². The number of hydrogen-bond donors (Lipinski definition) is 0. The number of carbonyl (C=O) groups excluding carboxylic acids is 1. The highest BCUT2D eigenvalue weighted by Gasteiger charge is 2.30. The molecule has 3 rings (SSSR count). The predicted molar refractivity (Wildman–Crippen MR) is 83.6 cm³/mol. The average molecular weight is 306 g/mol. The van der Waals surface area contributed by atoms with Crippen LogP contribution in [0.4, 0.5) is 0 Å². The molecule has 2 aliphatic heterocycles. The van der Waals surface area contributed by atoms with Crippen molar-refractivity contribution in [3.05, 3.63) is 18.0 Å². The van der Waals surface area contributed by atoms with Crippen LogP contribution in [0.3, 0.4) is 0 Å². The van der Waals surface area contributed by atoms with Crippen molar-refractivity contribution < 1.29 is 9.53 Å². The molecule has 1 atom stereocenters. The summed E-state index contributed by atoms with van der Waals surface area (Å²) in [5.74, 6) is 0.832. The Kier molecular flexibility index (Phi) is 4.78. The van der Waals surface area contributed by atoms with Gasteiger partial charge in [-0.05, 0) is 44.3 Å². The molecule has 2 fully saturated rings. The molecule has 0 aromatic carbocycles. The molecule has 0 N–H and O–H groups in total. The van der Waals surface area contributed by atoms with E-state index in [1.807, 2.05) is 29.7 Å². The normalized spacial score (nSPS) is 22.7. The van der Waals surface area contributed by atoms with Gasteiger partial charge in [0.2, 0.25) is 5.91 Å². The molecule has 1 aromatic heterocycles. The molecule has 1 aromatic rings. The smallest absolute Gasteiger partial charge is 0.239 e. The Morgan fingerprint density at radius 2 is 1.95 bits per heavy atom. The van der Waals surface area contributed by atoms with E-state index in [0.29, 0.717) is 19.1 Å². The zero-order valence-corrected chi connectivity index (χ0v) is 13.6. The van der Waals surface area contributed by atoms with E-state index in [-0.39, 0.29) is 11.9 Å². The molecule has 0 saturated carbocycles. The number of ether oxygens (including phenoxy) is 1. The van der Waals surface area contributed by atoms with Crippen LogP contribution in [0.2, 0.25) is 0 Å². The third-order valence-corrected chi connectivity index (χ3v) is 4.95. The highest BCUT2D eigenvalue weighted by atomic mass is 16.5. The molecule has 0 bridgehead atoms. The Balaban J connectivity index is 1.53. The summed E-state index contributed by atoms with van der Waals surface area (Å²) in [6.07, 6.45) is 6.30. The fraction of sp³-hybridized carbons (Fsp3) is 0.750. The highest BCUT2D eigenvalue weighted by molar-refractivity contribution is 5.81. The van der Waals surface area contributed by atoms with E-state index in [0.717, 1.165) is 39.0 Å². The van der Waals surface area contributed by atoms with Crippen molar-refractivity contribution in [2.45, 2.75) is 31.7 Å². The SMILES string of the molecule is C[C@@H](C(=O)N1CCOCC1)N1CCC(c2cnn(C)c2)CC1. The van der Waals surface area contributed by atoms with Crippen molar-refractivity contribution in [1.29, 1.82) is 0 Å². The fourth-order valence-corrected chi connectivity index (χ4v) is 3.48. The summed E-state index contributed by atoms with van der Waals surface area (Å²) in [6.45, 7) is 6.81. The van der Waals surface area contributed by atoms with E-state index in [1.165, 1.54) is 5.56 Å². The summed E-state index contributed by atoms with van der Waals surface area (Å²) >= 11 is 0. The number of likely N-dealkylation sites (tertiary alicyclic amines) is 1. The van der Waals surface area contributed by atoms with Crippen LogP contribution in [0.15, 0.2) is 12.4 Å². The van der Waals surface area contributed by atoms with Crippen LogP contribution in [0.5, 0.6) is 0 Å². The van der Waals surface area contributed by atoms with E-state index in [1.54, 1.807) is 0 Å². The van der Waals surface area contributed by atoms with E-state index in [4.69, 9.17) is 4.74 Å². The third-order valence-electron chi connectivity index (χ3n) is 4.95. The Morgan fingerprint density at radius 1 is 1.27 bits per heavy atom. The Hall–Kier alpha value is -1.40. The first-order chi connectivity index (χ1) is 10.6. The van der Waals surface area contributed by atoms with Gasteiger partial charge >= 0.3 is 0 Å².